The van der Waals surface area contributed by atoms with Gasteiger partial charge in [0.15, 0.2) is 0 Å². The number of hydrogen-bond donors (Lipinski definition) is 0. The zero-order valence-corrected chi connectivity index (χ0v) is 12.2. The van der Waals surface area contributed by atoms with Gasteiger partial charge in [-0.2, -0.15) is 0 Å². The largest absolute Gasteiger partial charge is 0.468 e. The smallest absolute Gasteiger partial charge is 0.318 e. The Kier molecular flexibility index (Phi) is 9.16. The Labute approximate surface area is 119 Å². The van der Waals surface area contributed by atoms with E-state index >= 15 is 0 Å². The molecule has 0 rings (SSSR count). The molecule has 0 aliphatic heterocycles. The Morgan fingerprint density at radius 3 is 2.35 bits per heavy atom. The summed E-state index contributed by atoms with van der Waals surface area (Å²) >= 11 is 1.12. The zero-order valence-electron chi connectivity index (χ0n) is 11.4. The van der Waals surface area contributed by atoms with Gasteiger partial charge in [-0.3, -0.25) is 4.79 Å². The number of methoxy groups -OCH3 is 1. The highest BCUT2D eigenvalue weighted by Gasteiger charge is 2.45. The molecule has 0 amide bonds. The molecule has 2 unspecified atom stereocenters. The number of ether oxygens (including phenoxy) is 1. The molecule has 0 N–H and O–H groups in total. The second kappa shape index (κ2) is 9.41. The molecule has 2 atom stereocenters. The first-order valence-corrected chi connectivity index (χ1v) is 7.30. The van der Waals surface area contributed by atoms with Crippen molar-refractivity contribution in [2.75, 3.05) is 12.9 Å². The molecule has 0 aliphatic rings. The van der Waals surface area contributed by atoms with Crippen molar-refractivity contribution in [2.24, 2.45) is 0 Å². The molecule has 0 aromatic rings. The van der Waals surface area contributed by atoms with Gasteiger partial charge in [-0.1, -0.05) is 13.3 Å². The van der Waals surface area contributed by atoms with E-state index in [0.717, 1.165) is 18.2 Å². The van der Waals surface area contributed by atoms with Crippen LogP contribution in [-0.4, -0.2) is 42.6 Å². The van der Waals surface area contributed by atoms with Crippen LogP contribution in [-0.2, 0) is 9.53 Å². The van der Waals surface area contributed by atoms with Crippen LogP contribution in [0.1, 0.15) is 32.6 Å². The highest BCUT2D eigenvalue weighted by atomic mass is 32.2. The van der Waals surface area contributed by atoms with Crippen molar-refractivity contribution in [2.45, 2.75) is 56.4 Å². The van der Waals surface area contributed by atoms with E-state index in [2.05, 4.69) is 4.74 Å². The predicted molar refractivity (Wildman–Crippen MR) is 68.3 cm³/mol. The third-order valence-corrected chi connectivity index (χ3v) is 3.97. The van der Waals surface area contributed by atoms with Crippen LogP contribution < -0.4 is 0 Å². The fourth-order valence-electron chi connectivity index (χ4n) is 1.52. The molecule has 0 aromatic carbocycles. The molecule has 0 aromatic heterocycles. The number of alkyl halides is 5. The summed E-state index contributed by atoms with van der Waals surface area (Å²) in [5.41, 5.74) is 0. The van der Waals surface area contributed by atoms with Crippen LogP contribution in [0.5, 0.6) is 0 Å². The first kappa shape index (κ1) is 19.5. The lowest BCUT2D eigenvalue weighted by atomic mass is 10.1. The highest BCUT2D eigenvalue weighted by Crippen LogP contribution is 2.32. The molecule has 0 aliphatic carbocycles. The summed E-state index contributed by atoms with van der Waals surface area (Å²) in [6.45, 7) is 1.86. The minimum atomic E-state index is -4.04. The van der Waals surface area contributed by atoms with Crippen LogP contribution in [0.25, 0.3) is 0 Å². The summed E-state index contributed by atoms with van der Waals surface area (Å²) in [4.78, 5) is 11.3. The molecule has 0 radical (unpaired) electrons. The van der Waals surface area contributed by atoms with Crippen molar-refractivity contribution in [3.63, 3.8) is 0 Å². The molecule has 8 heteroatoms. The third-order valence-electron chi connectivity index (χ3n) is 2.61. The lowest BCUT2D eigenvalue weighted by Crippen LogP contribution is -2.35. The Morgan fingerprint density at radius 1 is 1.30 bits per heavy atom. The molecule has 0 saturated heterocycles. The maximum atomic E-state index is 13.0. The maximum Gasteiger partial charge on any atom is 0.318 e. The van der Waals surface area contributed by atoms with Crippen LogP contribution >= 0.6 is 11.8 Å². The number of carbonyl (C=O) groups is 1. The van der Waals surface area contributed by atoms with Gasteiger partial charge in [0.2, 0.25) is 6.17 Å². The number of halogens is 5. The van der Waals surface area contributed by atoms with E-state index in [1.807, 2.05) is 6.92 Å². The summed E-state index contributed by atoms with van der Waals surface area (Å²) in [5.74, 6) is -4.33. The minimum Gasteiger partial charge on any atom is -0.468 e. The van der Waals surface area contributed by atoms with Crippen LogP contribution in [0.2, 0.25) is 0 Å². The Morgan fingerprint density at radius 2 is 1.90 bits per heavy atom. The number of carbonyl (C=O) groups excluding carboxylic acids is 1. The van der Waals surface area contributed by atoms with Gasteiger partial charge in [0.1, 0.15) is 5.25 Å². The molecule has 0 fully saturated rings. The summed E-state index contributed by atoms with van der Waals surface area (Å²) in [7, 11) is 1.23. The second-order valence-electron chi connectivity index (χ2n) is 4.27. The van der Waals surface area contributed by atoms with Gasteiger partial charge in [0.05, 0.1) is 7.11 Å². The summed E-state index contributed by atoms with van der Waals surface area (Å²) in [6, 6.07) is 0. The SMILES string of the molecule is CCCC(SCCCC(F)(F)C(F)C(F)F)C(=O)OC. The standard InChI is InChI=1S/C12H19F5O2S/c1-3-5-8(11(18)19-2)20-7-4-6-12(16,17)9(13)10(14)15/h8-10H,3-7H2,1-2H3. The summed E-state index contributed by atoms with van der Waals surface area (Å²) in [5, 5.41) is -0.463. The highest BCUT2D eigenvalue weighted by molar-refractivity contribution is 8.00. The predicted octanol–water partition coefficient (Wildman–Crippen LogP) is 4.08. The average Bonchev–Trinajstić information content (AvgIpc) is 2.40. The first-order valence-electron chi connectivity index (χ1n) is 6.25. The lowest BCUT2D eigenvalue weighted by molar-refractivity contribution is -0.140. The van der Waals surface area contributed by atoms with Gasteiger partial charge in [-0.15, -0.1) is 11.8 Å². The van der Waals surface area contributed by atoms with Gasteiger partial charge in [0, 0.05) is 6.42 Å². The lowest BCUT2D eigenvalue weighted by Gasteiger charge is -2.20. The van der Waals surface area contributed by atoms with Crippen molar-refractivity contribution in [1.82, 2.24) is 0 Å². The molecule has 20 heavy (non-hydrogen) atoms. The van der Waals surface area contributed by atoms with Gasteiger partial charge >= 0.3 is 5.97 Å². The third kappa shape index (κ3) is 6.76. The molecular formula is C12H19F5O2S. The average molecular weight is 322 g/mol. The molecular weight excluding hydrogens is 303 g/mol. The van der Waals surface area contributed by atoms with Crippen LogP contribution in [0.4, 0.5) is 22.0 Å². The number of hydrogen-bond acceptors (Lipinski definition) is 3. The zero-order chi connectivity index (χ0) is 15.8. The number of rotatable bonds is 10. The maximum absolute atomic E-state index is 13.0. The Bertz CT molecular complexity index is 289. The quantitative estimate of drug-likeness (QED) is 0.344. The van der Waals surface area contributed by atoms with Gasteiger partial charge in [0.25, 0.3) is 12.3 Å². The molecule has 0 bridgehead atoms. The van der Waals surface area contributed by atoms with E-state index in [1.165, 1.54) is 7.11 Å². The van der Waals surface area contributed by atoms with Gasteiger partial charge < -0.3 is 4.74 Å². The van der Waals surface area contributed by atoms with Crippen molar-refractivity contribution >= 4 is 17.7 Å². The van der Waals surface area contributed by atoms with Crippen molar-refractivity contribution < 1.29 is 31.5 Å². The van der Waals surface area contributed by atoms with Crippen molar-refractivity contribution in [3.8, 4) is 0 Å². The van der Waals surface area contributed by atoms with E-state index in [-0.39, 0.29) is 12.2 Å². The summed E-state index contributed by atoms with van der Waals surface area (Å²) < 4.78 is 67.0. The molecule has 0 heterocycles. The van der Waals surface area contributed by atoms with E-state index < -0.39 is 36.2 Å². The fourth-order valence-corrected chi connectivity index (χ4v) is 2.75. The van der Waals surface area contributed by atoms with E-state index in [1.54, 1.807) is 0 Å². The minimum absolute atomic E-state index is 0.151. The molecule has 0 spiro atoms. The van der Waals surface area contributed by atoms with Crippen molar-refractivity contribution in [1.29, 1.82) is 0 Å². The molecule has 2 nitrogen and oxygen atoms in total. The summed E-state index contributed by atoms with van der Waals surface area (Å²) in [6.07, 6.45) is -7.00. The van der Waals surface area contributed by atoms with Crippen LogP contribution in [0, 0.1) is 0 Å². The molecule has 120 valence electrons. The van der Waals surface area contributed by atoms with Crippen LogP contribution in [0.3, 0.4) is 0 Å². The number of esters is 1. The monoisotopic (exact) mass is 322 g/mol. The Balaban J connectivity index is 4.13. The van der Waals surface area contributed by atoms with Crippen molar-refractivity contribution in [3.05, 3.63) is 0 Å². The van der Waals surface area contributed by atoms with E-state index in [4.69, 9.17) is 0 Å². The van der Waals surface area contributed by atoms with E-state index in [0.29, 0.717) is 6.42 Å². The Hall–Kier alpha value is -0.530. The van der Waals surface area contributed by atoms with Crippen LogP contribution in [0.15, 0.2) is 0 Å². The second-order valence-corrected chi connectivity index (χ2v) is 5.58. The van der Waals surface area contributed by atoms with E-state index in [9.17, 15) is 26.7 Å². The normalized spacial score (nSPS) is 15.2. The van der Waals surface area contributed by atoms with Gasteiger partial charge in [-0.25, -0.2) is 22.0 Å². The fraction of sp³-hybridized carbons (Fsp3) is 0.917. The first-order chi connectivity index (χ1) is 9.26. The molecule has 0 saturated carbocycles. The number of thioether (sulfide) groups is 1. The van der Waals surface area contributed by atoms with Gasteiger partial charge in [-0.05, 0) is 18.6 Å². The topological polar surface area (TPSA) is 26.3 Å².